The monoisotopic (exact) mass is 277 g/mol. The van der Waals surface area contributed by atoms with Gasteiger partial charge in [-0.2, -0.15) is 0 Å². The topological polar surface area (TPSA) is 43.1 Å². The summed E-state index contributed by atoms with van der Waals surface area (Å²) in [7, 11) is 0. The molecule has 1 aliphatic rings. The number of benzene rings is 1. The van der Waals surface area contributed by atoms with E-state index in [4.69, 9.17) is 11.6 Å². The zero-order valence-corrected chi connectivity index (χ0v) is 11.7. The number of nitro benzene ring substituents is 1. The molecule has 0 saturated heterocycles. The first-order valence-corrected chi connectivity index (χ1v) is 6.53. The fourth-order valence-corrected chi connectivity index (χ4v) is 1.86. The summed E-state index contributed by atoms with van der Waals surface area (Å²) in [5, 5.41) is 11.6. The zero-order valence-electron chi connectivity index (χ0n) is 11.0. The normalized spacial score (nSPS) is 13.6. The first-order valence-electron chi connectivity index (χ1n) is 6.15. The Morgan fingerprint density at radius 1 is 1.21 bits per heavy atom. The highest BCUT2D eigenvalue weighted by Gasteiger charge is 2.15. The van der Waals surface area contributed by atoms with Gasteiger partial charge < -0.3 is 0 Å². The fraction of sp³-hybridized carbons (Fsp3) is 0.200. The number of halogens is 1. The van der Waals surface area contributed by atoms with Gasteiger partial charge in [0.2, 0.25) is 0 Å². The Bertz CT molecular complexity index is 545. The summed E-state index contributed by atoms with van der Waals surface area (Å²) in [4.78, 5) is 10.6. The van der Waals surface area contributed by atoms with Crippen LogP contribution in [0, 0.1) is 10.1 Å². The number of hydrogen-bond donors (Lipinski definition) is 0. The van der Waals surface area contributed by atoms with E-state index in [1.807, 2.05) is 26.0 Å². The third kappa shape index (κ3) is 4.07. The van der Waals surface area contributed by atoms with Gasteiger partial charge in [0.05, 0.1) is 10.5 Å². The van der Waals surface area contributed by atoms with Gasteiger partial charge in [0.1, 0.15) is 0 Å². The highest BCUT2D eigenvalue weighted by Crippen LogP contribution is 2.29. The summed E-state index contributed by atoms with van der Waals surface area (Å²) in [6, 6.07) is 6.72. The SMILES string of the molecule is CC.O=[N+]([O-])c1ccccc1C1=CC=C(Cl)C=CC1. The molecular formula is C15H16ClNO2. The standard InChI is InChI=1S/C13H10ClNO2.C2H6/c14-11-5-3-4-10(8-9-11)12-6-1-2-7-13(12)15(16)17;1-2/h1-3,5-9H,4H2;1-2H3. The Morgan fingerprint density at radius 3 is 2.58 bits per heavy atom. The van der Waals surface area contributed by atoms with Crippen LogP contribution < -0.4 is 0 Å². The third-order valence-corrected chi connectivity index (χ3v) is 2.76. The maximum absolute atomic E-state index is 10.9. The van der Waals surface area contributed by atoms with Crippen molar-refractivity contribution in [3.63, 3.8) is 0 Å². The second-order valence-electron chi connectivity index (χ2n) is 3.62. The van der Waals surface area contributed by atoms with Gasteiger partial charge >= 0.3 is 0 Å². The van der Waals surface area contributed by atoms with Gasteiger partial charge in [-0.15, -0.1) is 0 Å². The van der Waals surface area contributed by atoms with Crippen molar-refractivity contribution < 1.29 is 4.92 Å². The summed E-state index contributed by atoms with van der Waals surface area (Å²) < 4.78 is 0. The van der Waals surface area contributed by atoms with Gasteiger partial charge in [0.15, 0.2) is 0 Å². The van der Waals surface area contributed by atoms with Crippen LogP contribution in [0.25, 0.3) is 5.57 Å². The van der Waals surface area contributed by atoms with Crippen LogP contribution in [-0.2, 0) is 0 Å². The molecule has 0 fully saturated rings. The number of allylic oxidation sites excluding steroid dienone is 6. The predicted molar refractivity (Wildman–Crippen MR) is 80.1 cm³/mol. The van der Waals surface area contributed by atoms with Crippen LogP contribution in [0.4, 0.5) is 5.69 Å². The molecule has 1 aromatic rings. The Morgan fingerprint density at radius 2 is 1.89 bits per heavy atom. The van der Waals surface area contributed by atoms with E-state index in [1.54, 1.807) is 30.4 Å². The Kier molecular flexibility index (Phi) is 6.03. The summed E-state index contributed by atoms with van der Waals surface area (Å²) in [6.07, 6.45) is 7.90. The molecular weight excluding hydrogens is 262 g/mol. The quantitative estimate of drug-likeness (QED) is 0.558. The van der Waals surface area contributed by atoms with E-state index in [2.05, 4.69) is 0 Å². The molecule has 3 nitrogen and oxygen atoms in total. The molecule has 19 heavy (non-hydrogen) atoms. The van der Waals surface area contributed by atoms with Crippen molar-refractivity contribution in [2.45, 2.75) is 20.3 Å². The van der Waals surface area contributed by atoms with E-state index < -0.39 is 0 Å². The third-order valence-electron chi connectivity index (χ3n) is 2.51. The predicted octanol–water partition coefficient (Wildman–Crippen LogP) is 5.09. The molecule has 2 rings (SSSR count). The van der Waals surface area contributed by atoms with Crippen molar-refractivity contribution in [1.82, 2.24) is 0 Å². The van der Waals surface area contributed by atoms with E-state index in [0.29, 0.717) is 17.0 Å². The number of nitro groups is 1. The lowest BCUT2D eigenvalue weighted by molar-refractivity contribution is -0.385. The number of rotatable bonds is 2. The van der Waals surface area contributed by atoms with Crippen LogP contribution in [0.2, 0.25) is 0 Å². The van der Waals surface area contributed by atoms with E-state index in [1.165, 1.54) is 6.07 Å². The molecule has 0 heterocycles. The van der Waals surface area contributed by atoms with Gasteiger partial charge in [-0.3, -0.25) is 10.1 Å². The van der Waals surface area contributed by atoms with Crippen molar-refractivity contribution in [2.24, 2.45) is 0 Å². The number of nitrogens with zero attached hydrogens (tertiary/aromatic N) is 1. The van der Waals surface area contributed by atoms with E-state index in [-0.39, 0.29) is 10.6 Å². The van der Waals surface area contributed by atoms with Crippen LogP contribution in [0.3, 0.4) is 0 Å². The molecule has 0 amide bonds. The maximum Gasteiger partial charge on any atom is 0.276 e. The van der Waals surface area contributed by atoms with E-state index in [0.717, 1.165) is 5.57 Å². The largest absolute Gasteiger partial charge is 0.276 e. The van der Waals surface area contributed by atoms with E-state index >= 15 is 0 Å². The Labute approximate surface area is 118 Å². The summed E-state index contributed by atoms with van der Waals surface area (Å²) in [6.45, 7) is 4.00. The second kappa shape index (κ2) is 7.54. The molecule has 0 atom stereocenters. The van der Waals surface area contributed by atoms with Crippen molar-refractivity contribution in [3.05, 3.63) is 69.3 Å². The molecule has 0 unspecified atom stereocenters. The molecule has 100 valence electrons. The molecule has 0 aliphatic heterocycles. The lowest BCUT2D eigenvalue weighted by atomic mass is 10.0. The Hall–Kier alpha value is -1.87. The van der Waals surface area contributed by atoms with E-state index in [9.17, 15) is 10.1 Å². The molecule has 1 aromatic carbocycles. The lowest BCUT2D eigenvalue weighted by Gasteiger charge is -2.04. The second-order valence-corrected chi connectivity index (χ2v) is 4.06. The molecule has 0 bridgehead atoms. The minimum absolute atomic E-state index is 0.124. The molecule has 1 aliphatic carbocycles. The van der Waals surface area contributed by atoms with Gasteiger partial charge in [0, 0.05) is 11.1 Å². The molecule has 4 heteroatoms. The van der Waals surface area contributed by atoms with Crippen molar-refractivity contribution in [2.75, 3.05) is 0 Å². The average molecular weight is 278 g/mol. The van der Waals surface area contributed by atoms with Crippen molar-refractivity contribution in [3.8, 4) is 0 Å². The number of para-hydroxylation sites is 1. The van der Waals surface area contributed by atoms with Crippen molar-refractivity contribution >= 4 is 22.9 Å². The van der Waals surface area contributed by atoms with Crippen LogP contribution in [0.5, 0.6) is 0 Å². The minimum Gasteiger partial charge on any atom is -0.258 e. The maximum atomic E-state index is 10.9. The summed E-state index contributed by atoms with van der Waals surface area (Å²) in [5.74, 6) is 0. The molecule has 0 aromatic heterocycles. The highest BCUT2D eigenvalue weighted by molar-refractivity contribution is 6.31. The van der Waals surface area contributed by atoms with Gasteiger partial charge in [-0.05, 0) is 30.2 Å². The Balaban J connectivity index is 0.000000861. The van der Waals surface area contributed by atoms with Gasteiger partial charge in [0.25, 0.3) is 5.69 Å². The minimum atomic E-state index is -0.365. The first kappa shape index (κ1) is 15.2. The lowest BCUT2D eigenvalue weighted by Crippen LogP contribution is -1.94. The smallest absolute Gasteiger partial charge is 0.258 e. The number of hydrogen-bond acceptors (Lipinski definition) is 2. The van der Waals surface area contributed by atoms with Crippen LogP contribution in [0.1, 0.15) is 25.8 Å². The average Bonchev–Trinajstić information content (AvgIpc) is 2.66. The summed E-state index contributed by atoms with van der Waals surface area (Å²) in [5.41, 5.74) is 1.66. The molecule has 0 radical (unpaired) electrons. The first-order chi connectivity index (χ1) is 9.18. The fourth-order valence-electron chi connectivity index (χ4n) is 1.71. The molecule has 0 N–H and O–H groups in total. The van der Waals surface area contributed by atoms with Gasteiger partial charge in [-0.1, -0.05) is 49.7 Å². The van der Waals surface area contributed by atoms with Crippen molar-refractivity contribution in [1.29, 1.82) is 0 Å². The van der Waals surface area contributed by atoms with Crippen LogP contribution in [-0.4, -0.2) is 4.92 Å². The van der Waals surface area contributed by atoms with Crippen LogP contribution in [0.15, 0.2) is 53.6 Å². The highest BCUT2D eigenvalue weighted by atomic mass is 35.5. The summed E-state index contributed by atoms with van der Waals surface area (Å²) >= 11 is 5.87. The molecule has 0 saturated carbocycles. The zero-order chi connectivity index (χ0) is 14.3. The van der Waals surface area contributed by atoms with Crippen LogP contribution >= 0.6 is 11.6 Å². The van der Waals surface area contributed by atoms with Gasteiger partial charge in [-0.25, -0.2) is 0 Å². The molecule has 0 spiro atoms.